The van der Waals surface area contributed by atoms with Crippen LogP contribution in [0.25, 0.3) is 0 Å². The van der Waals surface area contributed by atoms with Gasteiger partial charge in [0.05, 0.1) is 0 Å². The smallest absolute Gasteiger partial charge is 0.120 e. The van der Waals surface area contributed by atoms with Gasteiger partial charge < -0.3 is 4.74 Å². The van der Waals surface area contributed by atoms with E-state index < -0.39 is 0 Å². The lowest BCUT2D eigenvalue weighted by Gasteiger charge is -2.05. The van der Waals surface area contributed by atoms with Gasteiger partial charge >= 0.3 is 0 Å². The molecule has 0 aliphatic rings. The summed E-state index contributed by atoms with van der Waals surface area (Å²) in [4.78, 5) is 0. The van der Waals surface area contributed by atoms with Crippen molar-refractivity contribution in [1.82, 2.24) is 0 Å². The van der Waals surface area contributed by atoms with E-state index in [0.29, 0.717) is 6.61 Å². The minimum Gasteiger partial charge on any atom is -0.490 e. The van der Waals surface area contributed by atoms with Gasteiger partial charge in [-0.25, -0.2) is 0 Å². The highest BCUT2D eigenvalue weighted by atomic mass is 16.5. The van der Waals surface area contributed by atoms with Crippen LogP contribution in [0.4, 0.5) is 0 Å². The highest BCUT2D eigenvalue weighted by Gasteiger charge is 1.94. The zero-order chi connectivity index (χ0) is 10.4. The summed E-state index contributed by atoms with van der Waals surface area (Å²) in [5, 5.41) is 0. The number of benzene rings is 1. The van der Waals surface area contributed by atoms with E-state index in [0.717, 1.165) is 5.75 Å². The summed E-state index contributed by atoms with van der Waals surface area (Å²) in [5.74, 6) is 0.927. The maximum atomic E-state index is 5.54. The monoisotopic (exact) mass is 188 g/mol. The van der Waals surface area contributed by atoms with E-state index in [1.807, 2.05) is 24.3 Å². The molecule has 0 aromatic heterocycles. The number of ether oxygens (including phenoxy) is 1. The fourth-order valence-corrected chi connectivity index (χ4v) is 1.31. The Hall–Kier alpha value is -1.50. The fraction of sp³-hybridized carbons (Fsp3) is 0.231. The Morgan fingerprint density at radius 2 is 1.86 bits per heavy atom. The molecule has 0 radical (unpaired) electrons. The molecule has 0 spiro atoms. The molecule has 0 aliphatic heterocycles. The number of hydrogen-bond acceptors (Lipinski definition) is 1. The average molecular weight is 188 g/mol. The summed E-state index contributed by atoms with van der Waals surface area (Å²) >= 11 is 0. The topological polar surface area (TPSA) is 9.23 Å². The van der Waals surface area contributed by atoms with Gasteiger partial charge in [0.25, 0.3) is 0 Å². The van der Waals surface area contributed by atoms with Gasteiger partial charge in [0, 0.05) is 0 Å². The van der Waals surface area contributed by atoms with Crippen LogP contribution < -0.4 is 4.74 Å². The SMILES string of the molecule is C=CC=CCOc1cc(C)cc(C)c1. The Bertz CT molecular complexity index is 317. The quantitative estimate of drug-likeness (QED) is 0.658. The normalized spacial score (nSPS) is 10.4. The van der Waals surface area contributed by atoms with Crippen molar-refractivity contribution >= 4 is 0 Å². The molecule has 1 nitrogen and oxygen atoms in total. The van der Waals surface area contributed by atoms with Gasteiger partial charge in [-0.05, 0) is 43.2 Å². The van der Waals surface area contributed by atoms with Gasteiger partial charge in [-0.3, -0.25) is 0 Å². The lowest BCUT2D eigenvalue weighted by atomic mass is 10.1. The van der Waals surface area contributed by atoms with E-state index >= 15 is 0 Å². The van der Waals surface area contributed by atoms with Gasteiger partial charge in [0.15, 0.2) is 0 Å². The molecule has 1 aromatic rings. The zero-order valence-corrected chi connectivity index (χ0v) is 8.79. The molecule has 1 rings (SSSR count). The van der Waals surface area contributed by atoms with Crippen molar-refractivity contribution < 1.29 is 4.74 Å². The highest BCUT2D eigenvalue weighted by Crippen LogP contribution is 2.15. The first-order valence-corrected chi connectivity index (χ1v) is 4.71. The van der Waals surface area contributed by atoms with Crippen LogP contribution in [0.5, 0.6) is 5.75 Å². The summed E-state index contributed by atoms with van der Waals surface area (Å²) in [7, 11) is 0. The lowest BCUT2D eigenvalue weighted by Crippen LogP contribution is -1.93. The third-order valence-electron chi connectivity index (χ3n) is 1.81. The molecule has 0 unspecified atom stereocenters. The van der Waals surface area contributed by atoms with Crippen LogP contribution in [0.1, 0.15) is 11.1 Å². The lowest BCUT2D eigenvalue weighted by molar-refractivity contribution is 0.362. The molecule has 0 heterocycles. The molecule has 0 bridgehead atoms. The molecule has 0 fully saturated rings. The van der Waals surface area contributed by atoms with Crippen LogP contribution in [0.2, 0.25) is 0 Å². The summed E-state index contributed by atoms with van der Waals surface area (Å²) < 4.78 is 5.54. The van der Waals surface area contributed by atoms with Crippen molar-refractivity contribution in [3.63, 3.8) is 0 Å². The van der Waals surface area contributed by atoms with Gasteiger partial charge in [-0.15, -0.1) is 0 Å². The van der Waals surface area contributed by atoms with E-state index in [2.05, 4.69) is 26.5 Å². The zero-order valence-electron chi connectivity index (χ0n) is 8.79. The maximum Gasteiger partial charge on any atom is 0.120 e. The summed E-state index contributed by atoms with van der Waals surface area (Å²) in [5.41, 5.74) is 2.46. The summed E-state index contributed by atoms with van der Waals surface area (Å²) in [6.45, 7) is 8.32. The minimum absolute atomic E-state index is 0.592. The molecular formula is C13H16O. The molecule has 1 heteroatoms. The number of aryl methyl sites for hydroxylation is 2. The third-order valence-corrected chi connectivity index (χ3v) is 1.81. The van der Waals surface area contributed by atoms with E-state index in [9.17, 15) is 0 Å². The molecule has 0 saturated carbocycles. The van der Waals surface area contributed by atoms with Gasteiger partial charge in [0.2, 0.25) is 0 Å². The van der Waals surface area contributed by atoms with Crippen LogP contribution in [0.15, 0.2) is 43.0 Å². The first kappa shape index (κ1) is 10.6. The van der Waals surface area contributed by atoms with Crippen molar-refractivity contribution in [3.05, 3.63) is 54.1 Å². The molecule has 74 valence electrons. The maximum absolute atomic E-state index is 5.54. The first-order chi connectivity index (χ1) is 6.72. The molecule has 0 amide bonds. The third kappa shape index (κ3) is 3.48. The Balaban J connectivity index is 2.58. The number of allylic oxidation sites excluding steroid dienone is 2. The molecule has 0 saturated heterocycles. The Morgan fingerprint density at radius 1 is 1.21 bits per heavy atom. The predicted octanol–water partition coefficient (Wildman–Crippen LogP) is 3.42. The standard InChI is InChI=1S/C13H16O/c1-4-5-6-7-14-13-9-11(2)8-12(3)10-13/h4-6,8-10H,1,7H2,2-3H3. The molecule has 1 aromatic carbocycles. The molecule has 0 atom stereocenters. The predicted molar refractivity (Wildman–Crippen MR) is 60.7 cm³/mol. The van der Waals surface area contributed by atoms with Gasteiger partial charge in [0.1, 0.15) is 12.4 Å². The molecule has 0 aliphatic carbocycles. The average Bonchev–Trinajstić information content (AvgIpc) is 2.11. The van der Waals surface area contributed by atoms with Crippen LogP contribution in [-0.2, 0) is 0 Å². The van der Waals surface area contributed by atoms with Crippen LogP contribution in [0.3, 0.4) is 0 Å². The Morgan fingerprint density at radius 3 is 2.43 bits per heavy atom. The number of hydrogen-bond donors (Lipinski definition) is 0. The van der Waals surface area contributed by atoms with Gasteiger partial charge in [-0.1, -0.05) is 24.8 Å². The van der Waals surface area contributed by atoms with E-state index in [1.54, 1.807) is 6.08 Å². The molecular weight excluding hydrogens is 172 g/mol. The van der Waals surface area contributed by atoms with Gasteiger partial charge in [-0.2, -0.15) is 0 Å². The Kier molecular flexibility index (Phi) is 3.99. The second-order valence-electron chi connectivity index (χ2n) is 3.30. The summed E-state index contributed by atoms with van der Waals surface area (Å²) in [6.07, 6.45) is 5.55. The van der Waals surface area contributed by atoms with E-state index in [-0.39, 0.29) is 0 Å². The van der Waals surface area contributed by atoms with Crippen LogP contribution in [-0.4, -0.2) is 6.61 Å². The van der Waals surface area contributed by atoms with Crippen molar-refractivity contribution in [3.8, 4) is 5.75 Å². The van der Waals surface area contributed by atoms with Crippen molar-refractivity contribution in [1.29, 1.82) is 0 Å². The first-order valence-electron chi connectivity index (χ1n) is 4.71. The van der Waals surface area contributed by atoms with Crippen molar-refractivity contribution in [2.24, 2.45) is 0 Å². The summed E-state index contributed by atoms with van der Waals surface area (Å²) in [6, 6.07) is 6.20. The van der Waals surface area contributed by atoms with E-state index in [1.165, 1.54) is 11.1 Å². The van der Waals surface area contributed by atoms with Crippen LogP contribution >= 0.6 is 0 Å². The van der Waals surface area contributed by atoms with Crippen LogP contribution in [0, 0.1) is 13.8 Å². The molecule has 14 heavy (non-hydrogen) atoms. The molecule has 0 N–H and O–H groups in total. The Labute approximate surface area is 85.7 Å². The highest BCUT2D eigenvalue weighted by molar-refractivity contribution is 5.33. The van der Waals surface area contributed by atoms with E-state index in [4.69, 9.17) is 4.74 Å². The largest absolute Gasteiger partial charge is 0.490 e. The van der Waals surface area contributed by atoms with Crippen molar-refractivity contribution in [2.45, 2.75) is 13.8 Å². The fourth-order valence-electron chi connectivity index (χ4n) is 1.31. The minimum atomic E-state index is 0.592. The number of rotatable bonds is 4. The second-order valence-corrected chi connectivity index (χ2v) is 3.30. The van der Waals surface area contributed by atoms with Crippen molar-refractivity contribution in [2.75, 3.05) is 6.61 Å². The second kappa shape index (κ2) is 5.28.